The summed E-state index contributed by atoms with van der Waals surface area (Å²) in [5.74, 6) is 0.894. The van der Waals surface area contributed by atoms with Crippen molar-refractivity contribution in [2.24, 2.45) is 0 Å². The van der Waals surface area contributed by atoms with Gasteiger partial charge < -0.3 is 4.74 Å². The van der Waals surface area contributed by atoms with Crippen molar-refractivity contribution in [2.45, 2.75) is 26.2 Å². The fourth-order valence-corrected chi connectivity index (χ4v) is 1.95. The Bertz CT molecular complexity index is 521. The Balaban J connectivity index is 0.000000677. The van der Waals surface area contributed by atoms with Crippen LogP contribution in [0.3, 0.4) is 0 Å². The second kappa shape index (κ2) is 8.20. The van der Waals surface area contributed by atoms with Crippen LogP contribution >= 0.6 is 8.58 Å². The molecule has 2 aromatic carbocycles. The van der Waals surface area contributed by atoms with Gasteiger partial charge in [-0.2, -0.15) is 0 Å². The van der Waals surface area contributed by atoms with E-state index in [1.165, 1.54) is 16.7 Å². The fourth-order valence-electron chi connectivity index (χ4n) is 1.95. The van der Waals surface area contributed by atoms with Gasteiger partial charge in [0.1, 0.15) is 5.75 Å². The molecule has 0 spiro atoms. The lowest BCUT2D eigenvalue weighted by Gasteiger charge is -2.19. The number of hydrogen-bond donors (Lipinski definition) is 0. The summed E-state index contributed by atoms with van der Waals surface area (Å²) in [7, 11) is 2.77. The first kappa shape index (κ1) is 17.7. The van der Waals surface area contributed by atoms with Crippen molar-refractivity contribution in [1.29, 1.82) is 0 Å². The van der Waals surface area contributed by atoms with Crippen molar-refractivity contribution in [2.75, 3.05) is 20.4 Å². The normalized spacial score (nSPS) is 10.6. The van der Waals surface area contributed by atoms with Crippen LogP contribution in [0.2, 0.25) is 0 Å². The third kappa shape index (κ3) is 5.52. The van der Waals surface area contributed by atoms with Gasteiger partial charge in [0.05, 0.1) is 7.11 Å². The Morgan fingerprint density at radius 2 is 1.14 bits per heavy atom. The smallest absolute Gasteiger partial charge is 0.118 e. The van der Waals surface area contributed by atoms with Crippen LogP contribution in [0.15, 0.2) is 48.5 Å². The van der Waals surface area contributed by atoms with Gasteiger partial charge in [-0.3, -0.25) is 0 Å². The third-order valence-electron chi connectivity index (χ3n) is 3.17. The molecule has 0 saturated heterocycles. The van der Waals surface area contributed by atoms with Crippen LogP contribution in [0.1, 0.15) is 26.3 Å². The summed E-state index contributed by atoms with van der Waals surface area (Å²) in [5.41, 5.74) is 4.03. The molecule has 0 aliphatic heterocycles. The monoisotopic (exact) mass is 302 g/mol. The lowest BCUT2D eigenvalue weighted by Crippen LogP contribution is -2.10. The van der Waals surface area contributed by atoms with E-state index in [4.69, 9.17) is 4.74 Å². The molecule has 0 aliphatic carbocycles. The molecule has 21 heavy (non-hydrogen) atoms. The first-order chi connectivity index (χ1) is 9.92. The van der Waals surface area contributed by atoms with Crippen LogP contribution in [0.4, 0.5) is 0 Å². The quantitative estimate of drug-likeness (QED) is 0.658. The molecule has 0 radical (unpaired) electrons. The molecule has 1 nitrogen and oxygen atoms in total. The molecule has 0 N–H and O–H groups in total. The molecule has 0 saturated carbocycles. The molecule has 0 fully saturated rings. The van der Waals surface area contributed by atoms with Gasteiger partial charge in [0.15, 0.2) is 0 Å². The molecule has 0 aromatic heterocycles. The Morgan fingerprint density at radius 3 is 1.48 bits per heavy atom. The summed E-state index contributed by atoms with van der Waals surface area (Å²) in [6.07, 6.45) is 0. The van der Waals surface area contributed by atoms with E-state index in [1.54, 1.807) is 7.11 Å². The van der Waals surface area contributed by atoms with E-state index in [-0.39, 0.29) is 5.41 Å². The Hall–Kier alpha value is -1.33. The topological polar surface area (TPSA) is 9.23 Å². The number of rotatable bonds is 2. The van der Waals surface area contributed by atoms with Crippen molar-refractivity contribution in [3.8, 4) is 16.9 Å². The number of methoxy groups -OCH3 is 1. The Labute approximate surface area is 131 Å². The highest BCUT2D eigenvalue weighted by Gasteiger charge is 2.12. The average Bonchev–Trinajstić information content (AvgIpc) is 2.47. The van der Waals surface area contributed by atoms with E-state index in [0.29, 0.717) is 0 Å². The predicted octanol–water partition coefficient (Wildman–Crippen LogP) is 5.58. The molecule has 114 valence electrons. The van der Waals surface area contributed by atoms with E-state index < -0.39 is 0 Å². The van der Waals surface area contributed by atoms with Crippen molar-refractivity contribution in [1.82, 2.24) is 0 Å². The van der Waals surface area contributed by atoms with E-state index in [9.17, 15) is 0 Å². The molecule has 2 heteroatoms. The molecule has 2 rings (SSSR count). The molecule has 0 heterocycles. The van der Waals surface area contributed by atoms with Gasteiger partial charge in [-0.1, -0.05) is 57.2 Å². The lowest BCUT2D eigenvalue weighted by atomic mass is 9.86. The lowest BCUT2D eigenvalue weighted by molar-refractivity contribution is 0.415. The summed E-state index contributed by atoms with van der Waals surface area (Å²) >= 11 is 0. The maximum atomic E-state index is 5.17. The number of hydrogen-bond acceptors (Lipinski definition) is 1. The van der Waals surface area contributed by atoms with Crippen LogP contribution in [0.25, 0.3) is 11.1 Å². The zero-order valence-corrected chi connectivity index (χ0v) is 15.0. The van der Waals surface area contributed by atoms with Gasteiger partial charge in [0.25, 0.3) is 0 Å². The van der Waals surface area contributed by atoms with Crippen LogP contribution in [-0.2, 0) is 5.41 Å². The van der Waals surface area contributed by atoms with Gasteiger partial charge >= 0.3 is 0 Å². The van der Waals surface area contributed by atoms with Crippen molar-refractivity contribution < 1.29 is 4.74 Å². The predicted molar refractivity (Wildman–Crippen MR) is 97.3 cm³/mol. The largest absolute Gasteiger partial charge is 0.497 e. The molecule has 0 bridgehead atoms. The average molecular weight is 302 g/mol. The van der Waals surface area contributed by atoms with Crippen LogP contribution in [-0.4, -0.2) is 20.4 Å². The summed E-state index contributed by atoms with van der Waals surface area (Å²) < 4.78 is 5.17. The van der Waals surface area contributed by atoms with E-state index >= 15 is 0 Å². The summed E-state index contributed by atoms with van der Waals surface area (Å²) in [5, 5.41) is 0. The van der Waals surface area contributed by atoms with E-state index in [1.807, 2.05) is 12.1 Å². The summed E-state index contributed by atoms with van der Waals surface area (Å²) in [6, 6.07) is 16.9. The molecule has 0 unspecified atom stereocenters. The van der Waals surface area contributed by atoms with E-state index in [0.717, 1.165) is 14.3 Å². The van der Waals surface area contributed by atoms with Gasteiger partial charge in [0.2, 0.25) is 0 Å². The summed E-state index contributed by atoms with van der Waals surface area (Å²) in [6.45, 7) is 11.0. The highest BCUT2D eigenvalue weighted by atomic mass is 31.1. The maximum Gasteiger partial charge on any atom is 0.118 e. The second-order valence-electron chi connectivity index (χ2n) is 6.06. The zero-order valence-electron chi connectivity index (χ0n) is 14.0. The van der Waals surface area contributed by atoms with Crippen LogP contribution in [0, 0.1) is 0 Å². The molecule has 2 aromatic rings. The minimum atomic E-state index is 0.207. The van der Waals surface area contributed by atoms with Crippen molar-refractivity contribution in [3.63, 3.8) is 0 Å². The van der Waals surface area contributed by atoms with Gasteiger partial charge in [0, 0.05) is 0 Å². The van der Waals surface area contributed by atoms with Gasteiger partial charge in [-0.25, -0.2) is 0 Å². The van der Waals surface area contributed by atoms with Gasteiger partial charge in [-0.05, 0) is 47.6 Å². The maximum absolute atomic E-state index is 5.17. The second-order valence-corrected chi connectivity index (χ2v) is 7.06. The van der Waals surface area contributed by atoms with Crippen molar-refractivity contribution >= 4 is 8.58 Å². The van der Waals surface area contributed by atoms with Crippen LogP contribution in [0.5, 0.6) is 5.75 Å². The molecule has 0 amide bonds. The summed E-state index contributed by atoms with van der Waals surface area (Å²) in [4.78, 5) is 0. The van der Waals surface area contributed by atoms with Crippen LogP contribution < -0.4 is 4.74 Å². The highest BCUT2D eigenvalue weighted by molar-refractivity contribution is 7.35. The fraction of sp³-hybridized carbons (Fsp3) is 0.368. The van der Waals surface area contributed by atoms with E-state index in [2.05, 4.69) is 70.5 Å². The Morgan fingerprint density at radius 1 is 0.762 bits per heavy atom. The molecular weight excluding hydrogens is 275 g/mol. The molecule has 0 atom stereocenters. The Kier molecular flexibility index (Phi) is 6.92. The number of benzene rings is 2. The minimum absolute atomic E-state index is 0.207. The third-order valence-corrected chi connectivity index (χ3v) is 3.17. The first-order valence-electron chi connectivity index (χ1n) is 7.26. The molecular formula is C19H27OP. The highest BCUT2D eigenvalue weighted by Crippen LogP contribution is 2.27. The zero-order chi connectivity index (χ0) is 15.9. The molecule has 0 aliphatic rings. The first-order valence-corrected chi connectivity index (χ1v) is 9.26. The standard InChI is InChI=1S/C17H20O.C2H7P/c1-17(2,3)15-9-5-13(6-10-15)14-7-11-16(18-4)12-8-14;1-3-2/h5-12H,1-4H3;3H,1-2H3. The minimum Gasteiger partial charge on any atom is -0.497 e. The van der Waals surface area contributed by atoms with Crippen molar-refractivity contribution in [3.05, 3.63) is 54.1 Å². The number of ether oxygens (including phenoxy) is 1. The van der Waals surface area contributed by atoms with Gasteiger partial charge in [-0.15, -0.1) is 8.58 Å². The SMILES string of the molecule is COc1ccc(-c2ccc(C(C)(C)C)cc2)cc1.CPC.